The minimum absolute atomic E-state index is 0.139. The molecule has 6 heteroatoms. The van der Waals surface area contributed by atoms with Crippen LogP contribution >= 0.6 is 0 Å². The molecule has 6 nitrogen and oxygen atoms in total. The predicted molar refractivity (Wildman–Crippen MR) is 128 cm³/mol. The van der Waals surface area contributed by atoms with E-state index < -0.39 is 0 Å². The van der Waals surface area contributed by atoms with Crippen LogP contribution in [0.3, 0.4) is 0 Å². The van der Waals surface area contributed by atoms with Gasteiger partial charge >= 0.3 is 0 Å². The zero-order valence-electron chi connectivity index (χ0n) is 20.0. The maximum absolute atomic E-state index is 4.48. The Morgan fingerprint density at radius 1 is 0.750 bits per heavy atom. The summed E-state index contributed by atoms with van der Waals surface area (Å²) in [4.78, 5) is 5.19. The third-order valence-corrected chi connectivity index (χ3v) is 6.36. The third kappa shape index (κ3) is 4.76. The van der Waals surface area contributed by atoms with E-state index in [0.717, 1.165) is 32.0 Å². The summed E-state index contributed by atoms with van der Waals surface area (Å²) in [5.41, 5.74) is 2.56. The minimum Gasteiger partial charge on any atom is -0.291 e. The average Bonchev–Trinajstić information content (AvgIpc) is 3.26. The number of rotatable bonds is 6. The Labute approximate surface area is 192 Å². The highest BCUT2D eigenvalue weighted by Crippen LogP contribution is 2.33. The molecule has 0 aliphatic carbocycles. The number of aromatic nitrogens is 4. The molecule has 0 unspecified atom stereocenters. The van der Waals surface area contributed by atoms with Gasteiger partial charge in [-0.3, -0.25) is 9.80 Å². The molecule has 1 saturated heterocycles. The highest BCUT2D eigenvalue weighted by molar-refractivity contribution is 5.32. The van der Waals surface area contributed by atoms with E-state index in [9.17, 15) is 0 Å². The van der Waals surface area contributed by atoms with Crippen LogP contribution in [-0.2, 0) is 5.54 Å². The van der Waals surface area contributed by atoms with Crippen LogP contribution in [0.2, 0.25) is 0 Å². The molecule has 1 fully saturated rings. The van der Waals surface area contributed by atoms with Crippen molar-refractivity contribution in [3.63, 3.8) is 0 Å². The lowest BCUT2D eigenvalue weighted by atomic mass is 9.95. The van der Waals surface area contributed by atoms with E-state index in [0.29, 0.717) is 5.92 Å². The van der Waals surface area contributed by atoms with Crippen molar-refractivity contribution in [3.05, 3.63) is 77.6 Å². The summed E-state index contributed by atoms with van der Waals surface area (Å²) in [7, 11) is 0. The molecule has 4 rings (SSSR count). The average molecular weight is 433 g/mol. The van der Waals surface area contributed by atoms with E-state index in [1.165, 1.54) is 11.1 Å². The molecule has 32 heavy (non-hydrogen) atoms. The number of nitrogens with zero attached hydrogens (tertiary/aromatic N) is 6. The van der Waals surface area contributed by atoms with Crippen molar-refractivity contribution >= 4 is 0 Å². The Hall–Kier alpha value is -2.57. The molecule has 0 bridgehead atoms. The summed E-state index contributed by atoms with van der Waals surface area (Å²) in [6.07, 6.45) is 0. The van der Waals surface area contributed by atoms with Crippen LogP contribution in [0.5, 0.6) is 0 Å². The summed E-state index contributed by atoms with van der Waals surface area (Å²) in [6.45, 7) is 15.0. The number of hydrogen-bond donors (Lipinski definition) is 0. The molecule has 0 spiro atoms. The van der Waals surface area contributed by atoms with Gasteiger partial charge in [-0.25, -0.2) is 4.68 Å². The molecule has 3 aromatic rings. The zero-order chi connectivity index (χ0) is 22.7. The van der Waals surface area contributed by atoms with Crippen molar-refractivity contribution in [3.8, 4) is 0 Å². The second kappa shape index (κ2) is 9.51. The van der Waals surface area contributed by atoms with Crippen molar-refractivity contribution in [2.45, 2.75) is 52.2 Å². The number of hydrogen-bond acceptors (Lipinski definition) is 5. The second-order valence-electron chi connectivity index (χ2n) is 10.1. The SMILES string of the molecule is CC(C)[C@@H](c1nnnn1C(C)(C)C)N1CCN(C(c2ccccc2)c2ccccc2)CC1. The number of benzene rings is 2. The molecule has 0 saturated carbocycles. The lowest BCUT2D eigenvalue weighted by molar-refractivity contribution is 0.0542. The van der Waals surface area contributed by atoms with Crippen LogP contribution in [0.25, 0.3) is 0 Å². The van der Waals surface area contributed by atoms with E-state index >= 15 is 0 Å². The first-order valence-corrected chi connectivity index (χ1v) is 11.7. The minimum atomic E-state index is -0.139. The normalized spacial score (nSPS) is 17.2. The van der Waals surface area contributed by atoms with E-state index in [1.54, 1.807) is 0 Å². The first-order valence-electron chi connectivity index (χ1n) is 11.7. The molecule has 0 amide bonds. The van der Waals surface area contributed by atoms with Gasteiger partial charge in [0.15, 0.2) is 5.82 Å². The van der Waals surface area contributed by atoms with Gasteiger partial charge in [-0.05, 0) is 48.2 Å². The first kappa shape index (κ1) is 22.6. The molecule has 1 aliphatic rings. The highest BCUT2D eigenvalue weighted by atomic mass is 15.6. The van der Waals surface area contributed by atoms with E-state index in [1.807, 2.05) is 4.68 Å². The summed E-state index contributed by atoms with van der Waals surface area (Å²) < 4.78 is 2.00. The van der Waals surface area contributed by atoms with Crippen LogP contribution in [0.4, 0.5) is 0 Å². The first-order chi connectivity index (χ1) is 15.4. The molecular formula is C26H36N6. The topological polar surface area (TPSA) is 50.1 Å². The van der Waals surface area contributed by atoms with Crippen molar-refractivity contribution < 1.29 is 0 Å². The van der Waals surface area contributed by atoms with Gasteiger partial charge in [-0.1, -0.05) is 74.5 Å². The predicted octanol–water partition coefficient (Wildman–Crippen LogP) is 4.53. The van der Waals surface area contributed by atoms with Gasteiger partial charge in [-0.15, -0.1) is 5.10 Å². The van der Waals surface area contributed by atoms with Gasteiger partial charge in [0, 0.05) is 26.2 Å². The van der Waals surface area contributed by atoms with Crippen molar-refractivity contribution in [1.29, 1.82) is 0 Å². The Balaban J connectivity index is 1.56. The summed E-state index contributed by atoms with van der Waals surface area (Å²) in [6, 6.07) is 22.2. The molecule has 2 aromatic carbocycles. The summed E-state index contributed by atoms with van der Waals surface area (Å²) in [5, 5.41) is 12.8. The third-order valence-electron chi connectivity index (χ3n) is 6.36. The van der Waals surface area contributed by atoms with Crippen LogP contribution in [0.15, 0.2) is 60.7 Å². The van der Waals surface area contributed by atoms with Gasteiger partial charge in [0.2, 0.25) is 0 Å². The lowest BCUT2D eigenvalue weighted by Gasteiger charge is -2.43. The van der Waals surface area contributed by atoms with Gasteiger partial charge in [-0.2, -0.15) is 0 Å². The maximum Gasteiger partial charge on any atom is 0.169 e. The van der Waals surface area contributed by atoms with Gasteiger partial charge in [0.25, 0.3) is 0 Å². The van der Waals surface area contributed by atoms with Crippen LogP contribution < -0.4 is 0 Å². The van der Waals surface area contributed by atoms with Crippen LogP contribution in [0.1, 0.15) is 63.7 Å². The monoisotopic (exact) mass is 432 g/mol. The molecule has 1 aliphatic heterocycles. The number of piperazine rings is 1. The highest BCUT2D eigenvalue weighted by Gasteiger charge is 2.35. The smallest absolute Gasteiger partial charge is 0.169 e. The van der Waals surface area contributed by atoms with Gasteiger partial charge in [0.05, 0.1) is 17.6 Å². The fourth-order valence-electron chi connectivity index (χ4n) is 4.90. The fraction of sp³-hybridized carbons (Fsp3) is 0.500. The zero-order valence-corrected chi connectivity index (χ0v) is 20.0. The second-order valence-corrected chi connectivity index (χ2v) is 10.1. The molecule has 1 aromatic heterocycles. The Bertz CT molecular complexity index is 929. The maximum atomic E-state index is 4.48. The van der Waals surface area contributed by atoms with Gasteiger partial charge < -0.3 is 0 Å². The fourth-order valence-corrected chi connectivity index (χ4v) is 4.90. The van der Waals surface area contributed by atoms with E-state index in [2.05, 4.69) is 121 Å². The quantitative estimate of drug-likeness (QED) is 0.573. The van der Waals surface area contributed by atoms with E-state index in [-0.39, 0.29) is 17.6 Å². The van der Waals surface area contributed by atoms with E-state index in [4.69, 9.17) is 0 Å². The summed E-state index contributed by atoms with van der Waals surface area (Å²) >= 11 is 0. The standard InChI is InChI=1S/C26H36N6/c1-20(2)23(25-27-28-29-32(25)26(3,4)5)30-16-18-31(19-17-30)24(21-12-8-6-9-13-21)22-14-10-7-11-15-22/h6-15,20,23-24H,16-19H2,1-5H3/t23-/m0/s1. The molecule has 1 atom stereocenters. The molecule has 2 heterocycles. The van der Waals surface area contributed by atoms with Crippen LogP contribution in [-0.4, -0.2) is 56.2 Å². The van der Waals surface area contributed by atoms with Crippen molar-refractivity contribution in [2.75, 3.05) is 26.2 Å². The Morgan fingerprint density at radius 3 is 1.72 bits per heavy atom. The number of tetrazole rings is 1. The van der Waals surface area contributed by atoms with Crippen LogP contribution in [0, 0.1) is 5.92 Å². The molecule has 0 N–H and O–H groups in total. The summed E-state index contributed by atoms with van der Waals surface area (Å²) in [5.74, 6) is 1.40. The van der Waals surface area contributed by atoms with Crippen molar-refractivity contribution in [2.24, 2.45) is 5.92 Å². The van der Waals surface area contributed by atoms with Gasteiger partial charge in [0.1, 0.15) is 0 Å². The Kier molecular flexibility index (Phi) is 6.72. The molecular weight excluding hydrogens is 396 g/mol. The largest absolute Gasteiger partial charge is 0.291 e. The molecule has 170 valence electrons. The Morgan fingerprint density at radius 2 is 1.25 bits per heavy atom. The lowest BCUT2D eigenvalue weighted by Crippen LogP contribution is -2.50. The van der Waals surface area contributed by atoms with Crippen molar-refractivity contribution in [1.82, 2.24) is 30.0 Å². The molecule has 0 radical (unpaired) electrons.